The Morgan fingerprint density at radius 1 is 1.06 bits per heavy atom. The van der Waals surface area contributed by atoms with E-state index in [4.69, 9.17) is 18.9 Å². The molecule has 2 atom stereocenters. The van der Waals surface area contributed by atoms with Crippen LogP contribution in [0.2, 0.25) is 0 Å². The van der Waals surface area contributed by atoms with Crippen LogP contribution >= 0.6 is 0 Å². The molecule has 0 fully saturated rings. The van der Waals surface area contributed by atoms with Gasteiger partial charge in [0.2, 0.25) is 0 Å². The molecule has 0 N–H and O–H groups in total. The molecule has 18 heavy (non-hydrogen) atoms. The van der Waals surface area contributed by atoms with E-state index in [9.17, 15) is 0 Å². The van der Waals surface area contributed by atoms with Crippen LogP contribution in [0.25, 0.3) is 0 Å². The zero-order valence-corrected chi connectivity index (χ0v) is 10.9. The molecular weight excluding hydrogens is 232 g/mol. The molecule has 1 aromatic rings. The average molecular weight is 252 g/mol. The molecule has 0 aromatic heterocycles. The lowest BCUT2D eigenvalue weighted by Crippen LogP contribution is -2.31. The molecule has 0 bridgehead atoms. The topological polar surface area (TPSA) is 36.9 Å². The summed E-state index contributed by atoms with van der Waals surface area (Å²) in [5.74, 6) is 0. The summed E-state index contributed by atoms with van der Waals surface area (Å²) < 4.78 is 21.4. The Kier molecular flexibility index (Phi) is 5.13. The van der Waals surface area contributed by atoms with Crippen molar-refractivity contribution in [3.63, 3.8) is 0 Å². The zero-order valence-electron chi connectivity index (χ0n) is 10.9. The standard InChI is InChI=1S/C14H20O4/c1-15-9-17-13-8-7-11-5-3-4-6-12(11)14(13)18-10-16-2/h3-6,13-14H,7-10H2,1-2H3/t13-,14+/m0/s1. The smallest absolute Gasteiger partial charge is 0.147 e. The molecule has 0 spiro atoms. The number of hydrogen-bond acceptors (Lipinski definition) is 4. The first-order chi connectivity index (χ1) is 8.86. The van der Waals surface area contributed by atoms with E-state index in [1.807, 2.05) is 6.07 Å². The molecule has 4 heteroatoms. The average Bonchev–Trinajstić information content (AvgIpc) is 2.43. The molecule has 100 valence electrons. The molecule has 0 unspecified atom stereocenters. The Morgan fingerprint density at radius 2 is 1.78 bits per heavy atom. The van der Waals surface area contributed by atoms with Gasteiger partial charge in [-0.15, -0.1) is 0 Å². The molecule has 4 nitrogen and oxygen atoms in total. The first-order valence-corrected chi connectivity index (χ1v) is 6.15. The van der Waals surface area contributed by atoms with Crippen molar-refractivity contribution in [3.05, 3.63) is 35.4 Å². The van der Waals surface area contributed by atoms with Gasteiger partial charge in [0, 0.05) is 14.2 Å². The second-order valence-electron chi connectivity index (χ2n) is 4.34. The number of aryl methyl sites for hydroxylation is 1. The molecule has 0 amide bonds. The third-order valence-electron chi connectivity index (χ3n) is 3.16. The number of methoxy groups -OCH3 is 2. The summed E-state index contributed by atoms with van der Waals surface area (Å²) >= 11 is 0. The van der Waals surface area contributed by atoms with Gasteiger partial charge in [-0.25, -0.2) is 0 Å². The van der Waals surface area contributed by atoms with Gasteiger partial charge in [-0.2, -0.15) is 0 Å². The van der Waals surface area contributed by atoms with Crippen LogP contribution in [0, 0.1) is 0 Å². The van der Waals surface area contributed by atoms with Crippen LogP contribution < -0.4 is 0 Å². The van der Waals surface area contributed by atoms with Gasteiger partial charge in [0.15, 0.2) is 0 Å². The van der Waals surface area contributed by atoms with Crippen molar-refractivity contribution >= 4 is 0 Å². The Bertz CT molecular complexity index is 367. The molecule has 0 aliphatic heterocycles. The predicted octanol–water partition coefficient (Wildman–Crippen LogP) is 2.28. The summed E-state index contributed by atoms with van der Waals surface area (Å²) in [5.41, 5.74) is 2.53. The van der Waals surface area contributed by atoms with E-state index in [0.717, 1.165) is 12.8 Å². The number of hydrogen-bond donors (Lipinski definition) is 0. The van der Waals surface area contributed by atoms with Crippen LogP contribution in [0.4, 0.5) is 0 Å². The molecule has 0 saturated carbocycles. The monoisotopic (exact) mass is 252 g/mol. The maximum absolute atomic E-state index is 5.77. The van der Waals surface area contributed by atoms with E-state index in [1.54, 1.807) is 14.2 Å². The molecule has 1 aliphatic carbocycles. The van der Waals surface area contributed by atoms with Gasteiger partial charge < -0.3 is 18.9 Å². The predicted molar refractivity (Wildman–Crippen MR) is 67.2 cm³/mol. The summed E-state index contributed by atoms with van der Waals surface area (Å²) in [6, 6.07) is 8.33. The Balaban J connectivity index is 2.13. The Labute approximate surface area is 108 Å². The van der Waals surface area contributed by atoms with Gasteiger partial charge in [-0.3, -0.25) is 0 Å². The zero-order chi connectivity index (χ0) is 12.8. The van der Waals surface area contributed by atoms with Crippen molar-refractivity contribution in [2.45, 2.75) is 25.0 Å². The van der Waals surface area contributed by atoms with Gasteiger partial charge in [-0.05, 0) is 24.0 Å². The first kappa shape index (κ1) is 13.5. The number of benzene rings is 1. The fourth-order valence-electron chi connectivity index (χ4n) is 2.35. The van der Waals surface area contributed by atoms with Gasteiger partial charge in [0.05, 0.1) is 6.10 Å². The molecule has 1 aromatic carbocycles. The molecular formula is C14H20O4. The highest BCUT2D eigenvalue weighted by atomic mass is 16.7. The molecule has 2 rings (SSSR count). The van der Waals surface area contributed by atoms with Crippen molar-refractivity contribution in [1.82, 2.24) is 0 Å². The minimum atomic E-state index is -0.0787. The van der Waals surface area contributed by atoms with Crippen molar-refractivity contribution in [1.29, 1.82) is 0 Å². The number of ether oxygens (including phenoxy) is 4. The maximum atomic E-state index is 5.77. The quantitative estimate of drug-likeness (QED) is 0.728. The van der Waals surface area contributed by atoms with E-state index >= 15 is 0 Å². The Morgan fingerprint density at radius 3 is 2.56 bits per heavy atom. The van der Waals surface area contributed by atoms with Gasteiger partial charge in [0.25, 0.3) is 0 Å². The van der Waals surface area contributed by atoms with E-state index in [-0.39, 0.29) is 19.0 Å². The second-order valence-corrected chi connectivity index (χ2v) is 4.34. The lowest BCUT2D eigenvalue weighted by atomic mass is 9.87. The maximum Gasteiger partial charge on any atom is 0.147 e. The van der Waals surface area contributed by atoms with Crippen LogP contribution in [0.5, 0.6) is 0 Å². The molecule has 1 aliphatic rings. The summed E-state index contributed by atoms with van der Waals surface area (Å²) in [4.78, 5) is 0. The SMILES string of the molecule is COCO[C@H]1CCc2ccccc2[C@H]1OCOC. The first-order valence-electron chi connectivity index (χ1n) is 6.15. The largest absolute Gasteiger partial charge is 0.359 e. The van der Waals surface area contributed by atoms with E-state index in [1.165, 1.54) is 11.1 Å². The third-order valence-corrected chi connectivity index (χ3v) is 3.16. The van der Waals surface area contributed by atoms with Gasteiger partial charge in [0.1, 0.15) is 19.7 Å². The number of fused-ring (bicyclic) bond motifs is 1. The van der Waals surface area contributed by atoms with Crippen LogP contribution in [-0.4, -0.2) is 33.9 Å². The highest BCUT2D eigenvalue weighted by molar-refractivity contribution is 5.32. The highest BCUT2D eigenvalue weighted by Gasteiger charge is 2.30. The van der Waals surface area contributed by atoms with Gasteiger partial charge >= 0.3 is 0 Å². The molecule has 0 saturated heterocycles. The lowest BCUT2D eigenvalue weighted by molar-refractivity contribution is -0.164. The van der Waals surface area contributed by atoms with E-state index in [0.29, 0.717) is 6.79 Å². The van der Waals surface area contributed by atoms with Crippen LogP contribution in [0.3, 0.4) is 0 Å². The van der Waals surface area contributed by atoms with Crippen molar-refractivity contribution < 1.29 is 18.9 Å². The van der Waals surface area contributed by atoms with Crippen LogP contribution in [0.1, 0.15) is 23.7 Å². The van der Waals surface area contributed by atoms with E-state index < -0.39 is 0 Å². The fraction of sp³-hybridized carbons (Fsp3) is 0.571. The van der Waals surface area contributed by atoms with Crippen LogP contribution in [-0.2, 0) is 25.4 Å². The molecule has 0 radical (unpaired) electrons. The van der Waals surface area contributed by atoms with E-state index in [2.05, 4.69) is 18.2 Å². The highest BCUT2D eigenvalue weighted by Crippen LogP contribution is 2.34. The van der Waals surface area contributed by atoms with Gasteiger partial charge in [-0.1, -0.05) is 24.3 Å². The minimum absolute atomic E-state index is 0.0231. The summed E-state index contributed by atoms with van der Waals surface area (Å²) in [7, 11) is 3.25. The van der Waals surface area contributed by atoms with Crippen LogP contribution in [0.15, 0.2) is 24.3 Å². The summed E-state index contributed by atoms with van der Waals surface area (Å²) in [5, 5.41) is 0. The second kappa shape index (κ2) is 6.85. The minimum Gasteiger partial charge on any atom is -0.359 e. The van der Waals surface area contributed by atoms with Crippen molar-refractivity contribution in [2.75, 3.05) is 27.8 Å². The molecule has 0 heterocycles. The summed E-state index contributed by atoms with van der Waals surface area (Å²) in [6.45, 7) is 0.561. The third kappa shape index (κ3) is 3.09. The lowest BCUT2D eigenvalue weighted by Gasteiger charge is -2.33. The summed E-state index contributed by atoms with van der Waals surface area (Å²) in [6.07, 6.45) is 1.90. The van der Waals surface area contributed by atoms with Crippen molar-refractivity contribution in [2.24, 2.45) is 0 Å². The normalized spacial score (nSPS) is 22.8. The Hall–Kier alpha value is -0.940. The fourth-order valence-corrected chi connectivity index (χ4v) is 2.35. The van der Waals surface area contributed by atoms with Crippen molar-refractivity contribution in [3.8, 4) is 0 Å². The number of rotatable bonds is 6.